The third-order valence-electron chi connectivity index (χ3n) is 5.01. The van der Waals surface area contributed by atoms with Gasteiger partial charge in [0.05, 0.1) is 0 Å². The van der Waals surface area contributed by atoms with Gasteiger partial charge in [-0.3, -0.25) is 0 Å². The van der Waals surface area contributed by atoms with Gasteiger partial charge in [-0.2, -0.15) is 0 Å². The van der Waals surface area contributed by atoms with Crippen molar-refractivity contribution >= 4 is 0 Å². The molecule has 0 atom stereocenters. The summed E-state index contributed by atoms with van der Waals surface area (Å²) in [5.74, 6) is 3.13. The molecule has 112 valence electrons. The van der Waals surface area contributed by atoms with E-state index in [1.807, 2.05) is 0 Å². The standard InChI is InChI=1S/C19H31N/c1-13(2)19(14(3)4)12-20-18-10-17(11-18)16-8-6-7-15(5)9-16/h6-9,13-14,17-20H,10-12H2,1-5H3. The van der Waals surface area contributed by atoms with E-state index in [1.165, 1.54) is 30.5 Å². The summed E-state index contributed by atoms with van der Waals surface area (Å²) in [5, 5.41) is 3.80. The van der Waals surface area contributed by atoms with Gasteiger partial charge in [-0.15, -0.1) is 0 Å². The van der Waals surface area contributed by atoms with Gasteiger partial charge in [-0.1, -0.05) is 57.5 Å². The molecule has 0 amide bonds. The number of hydrogen-bond donors (Lipinski definition) is 1. The second-order valence-electron chi connectivity index (χ2n) is 7.34. The first-order chi connectivity index (χ1) is 9.47. The predicted molar refractivity (Wildman–Crippen MR) is 88.1 cm³/mol. The molecular formula is C19H31N. The van der Waals surface area contributed by atoms with Crippen molar-refractivity contribution in [3.05, 3.63) is 35.4 Å². The van der Waals surface area contributed by atoms with Gasteiger partial charge < -0.3 is 5.32 Å². The van der Waals surface area contributed by atoms with Gasteiger partial charge in [0, 0.05) is 6.04 Å². The predicted octanol–water partition coefficient (Wildman–Crippen LogP) is 4.76. The maximum atomic E-state index is 3.80. The Labute approximate surface area is 125 Å². The molecule has 1 aliphatic rings. The Morgan fingerprint density at radius 1 is 1.10 bits per heavy atom. The SMILES string of the molecule is Cc1cccc(C2CC(NCC(C(C)C)C(C)C)C2)c1. The van der Waals surface area contributed by atoms with E-state index in [1.54, 1.807) is 0 Å². The Bertz CT molecular complexity index is 408. The zero-order valence-corrected chi connectivity index (χ0v) is 13.8. The zero-order valence-electron chi connectivity index (χ0n) is 13.8. The molecule has 1 aromatic carbocycles. The first kappa shape index (κ1) is 15.6. The summed E-state index contributed by atoms with van der Waals surface area (Å²) in [4.78, 5) is 0. The van der Waals surface area contributed by atoms with Crippen LogP contribution in [0.4, 0.5) is 0 Å². The number of hydrogen-bond acceptors (Lipinski definition) is 1. The molecule has 1 heteroatoms. The van der Waals surface area contributed by atoms with E-state index in [0.717, 1.165) is 29.7 Å². The average Bonchev–Trinajstić information content (AvgIpc) is 2.30. The van der Waals surface area contributed by atoms with Crippen molar-refractivity contribution < 1.29 is 0 Å². The van der Waals surface area contributed by atoms with Crippen molar-refractivity contribution in [2.45, 2.75) is 59.4 Å². The molecule has 20 heavy (non-hydrogen) atoms. The molecule has 0 spiro atoms. The summed E-state index contributed by atoms with van der Waals surface area (Å²) < 4.78 is 0. The van der Waals surface area contributed by atoms with Crippen LogP contribution in [0.1, 0.15) is 57.6 Å². The molecule has 0 aromatic heterocycles. The highest BCUT2D eigenvalue weighted by Gasteiger charge is 2.30. The van der Waals surface area contributed by atoms with Gasteiger partial charge in [0.25, 0.3) is 0 Å². The topological polar surface area (TPSA) is 12.0 Å². The van der Waals surface area contributed by atoms with Crippen LogP contribution in [0.15, 0.2) is 24.3 Å². The lowest BCUT2D eigenvalue weighted by atomic mass is 9.75. The van der Waals surface area contributed by atoms with Gasteiger partial charge in [0.2, 0.25) is 0 Å². The summed E-state index contributed by atoms with van der Waals surface area (Å²) >= 11 is 0. The number of nitrogens with one attached hydrogen (secondary N) is 1. The van der Waals surface area contributed by atoms with Crippen LogP contribution in [0.2, 0.25) is 0 Å². The lowest BCUT2D eigenvalue weighted by Crippen LogP contribution is -2.43. The van der Waals surface area contributed by atoms with Gasteiger partial charge in [0.15, 0.2) is 0 Å². The Balaban J connectivity index is 1.77. The van der Waals surface area contributed by atoms with Crippen molar-refractivity contribution in [3.8, 4) is 0 Å². The number of aryl methyl sites for hydroxylation is 1. The van der Waals surface area contributed by atoms with Crippen LogP contribution >= 0.6 is 0 Å². The molecule has 1 aliphatic carbocycles. The molecule has 0 aliphatic heterocycles. The molecule has 0 unspecified atom stereocenters. The summed E-state index contributed by atoms with van der Waals surface area (Å²) in [6.45, 7) is 12.8. The van der Waals surface area contributed by atoms with Crippen molar-refractivity contribution in [1.29, 1.82) is 0 Å². The van der Waals surface area contributed by atoms with Crippen LogP contribution in [0.3, 0.4) is 0 Å². The molecule has 1 saturated carbocycles. The van der Waals surface area contributed by atoms with E-state index in [0.29, 0.717) is 0 Å². The Morgan fingerprint density at radius 3 is 2.30 bits per heavy atom. The second-order valence-corrected chi connectivity index (χ2v) is 7.34. The maximum Gasteiger partial charge on any atom is 0.00788 e. The Kier molecular flexibility index (Phi) is 5.26. The fourth-order valence-electron chi connectivity index (χ4n) is 3.52. The summed E-state index contributed by atoms with van der Waals surface area (Å²) in [6, 6.07) is 9.76. The van der Waals surface area contributed by atoms with E-state index in [9.17, 15) is 0 Å². The zero-order chi connectivity index (χ0) is 14.7. The van der Waals surface area contributed by atoms with Crippen LogP contribution in [0.25, 0.3) is 0 Å². The monoisotopic (exact) mass is 273 g/mol. The van der Waals surface area contributed by atoms with Crippen LogP contribution in [-0.4, -0.2) is 12.6 Å². The van der Waals surface area contributed by atoms with Gasteiger partial charge in [-0.05, 0) is 55.5 Å². The Hall–Kier alpha value is -0.820. The van der Waals surface area contributed by atoms with Crippen molar-refractivity contribution in [2.75, 3.05) is 6.54 Å². The molecular weight excluding hydrogens is 242 g/mol. The summed E-state index contributed by atoms with van der Waals surface area (Å²) in [5.41, 5.74) is 2.92. The lowest BCUT2D eigenvalue weighted by molar-refractivity contribution is 0.225. The molecule has 1 N–H and O–H groups in total. The summed E-state index contributed by atoms with van der Waals surface area (Å²) in [7, 11) is 0. The smallest absolute Gasteiger partial charge is 0.00788 e. The van der Waals surface area contributed by atoms with Crippen LogP contribution < -0.4 is 5.32 Å². The minimum atomic E-state index is 0.737. The van der Waals surface area contributed by atoms with Crippen molar-refractivity contribution in [3.63, 3.8) is 0 Å². The molecule has 0 bridgehead atoms. The third-order valence-corrected chi connectivity index (χ3v) is 5.01. The average molecular weight is 273 g/mol. The Morgan fingerprint density at radius 2 is 1.75 bits per heavy atom. The molecule has 2 rings (SSSR count). The largest absolute Gasteiger partial charge is 0.314 e. The molecule has 1 aromatic rings. The van der Waals surface area contributed by atoms with E-state index in [-0.39, 0.29) is 0 Å². The molecule has 1 fully saturated rings. The maximum absolute atomic E-state index is 3.80. The van der Waals surface area contributed by atoms with E-state index < -0.39 is 0 Å². The van der Waals surface area contributed by atoms with Crippen LogP contribution in [-0.2, 0) is 0 Å². The quantitative estimate of drug-likeness (QED) is 0.788. The number of benzene rings is 1. The first-order valence-corrected chi connectivity index (χ1v) is 8.27. The molecule has 1 nitrogen and oxygen atoms in total. The van der Waals surface area contributed by atoms with E-state index in [2.05, 4.69) is 64.2 Å². The second kappa shape index (κ2) is 6.76. The summed E-state index contributed by atoms with van der Waals surface area (Å²) in [6.07, 6.45) is 2.62. The van der Waals surface area contributed by atoms with Crippen molar-refractivity contribution in [2.24, 2.45) is 17.8 Å². The van der Waals surface area contributed by atoms with Crippen molar-refractivity contribution in [1.82, 2.24) is 5.32 Å². The molecule has 0 heterocycles. The minimum Gasteiger partial charge on any atom is -0.314 e. The van der Waals surface area contributed by atoms with Crippen LogP contribution in [0.5, 0.6) is 0 Å². The normalized spacial score (nSPS) is 22.6. The number of rotatable bonds is 6. The first-order valence-electron chi connectivity index (χ1n) is 8.27. The highest BCUT2D eigenvalue weighted by Crippen LogP contribution is 2.37. The van der Waals surface area contributed by atoms with Gasteiger partial charge in [-0.25, -0.2) is 0 Å². The molecule has 0 saturated heterocycles. The fraction of sp³-hybridized carbons (Fsp3) is 0.684. The van der Waals surface area contributed by atoms with Gasteiger partial charge in [0.1, 0.15) is 0 Å². The van der Waals surface area contributed by atoms with Gasteiger partial charge >= 0.3 is 0 Å². The minimum absolute atomic E-state index is 0.737. The molecule has 0 radical (unpaired) electrons. The highest BCUT2D eigenvalue weighted by atomic mass is 14.9. The van der Waals surface area contributed by atoms with E-state index >= 15 is 0 Å². The lowest BCUT2D eigenvalue weighted by Gasteiger charge is -2.38. The van der Waals surface area contributed by atoms with E-state index in [4.69, 9.17) is 0 Å². The highest BCUT2D eigenvalue weighted by molar-refractivity contribution is 5.27. The van der Waals surface area contributed by atoms with Crippen LogP contribution in [0, 0.1) is 24.7 Å². The third kappa shape index (κ3) is 3.85. The fourth-order valence-corrected chi connectivity index (χ4v) is 3.52.